The molecule has 2 rings (SSSR count). The number of nitrogens with zero attached hydrogens (tertiary/aromatic N) is 1. The highest BCUT2D eigenvalue weighted by Crippen LogP contribution is 2.17. The molecule has 0 aliphatic heterocycles. The zero-order valence-electron chi connectivity index (χ0n) is 9.15. The molecule has 0 spiro atoms. The molecule has 0 saturated heterocycles. The van der Waals surface area contributed by atoms with E-state index in [1.165, 1.54) is 11.3 Å². The van der Waals surface area contributed by atoms with Crippen molar-refractivity contribution in [3.63, 3.8) is 0 Å². The van der Waals surface area contributed by atoms with Crippen LogP contribution >= 0.6 is 11.3 Å². The molecule has 2 heterocycles. The lowest BCUT2D eigenvalue weighted by Gasteiger charge is -2.10. The maximum atomic E-state index is 11.8. The number of aromatic nitrogens is 2. The molecule has 0 saturated carbocycles. The third-order valence-corrected chi connectivity index (χ3v) is 3.33. The zero-order chi connectivity index (χ0) is 11.5. The van der Waals surface area contributed by atoms with E-state index in [0.717, 1.165) is 15.3 Å². The Kier molecular flexibility index (Phi) is 3.05. The third-order valence-electron chi connectivity index (χ3n) is 2.33. The highest BCUT2D eigenvalue weighted by Gasteiger charge is 2.13. The lowest BCUT2D eigenvalue weighted by atomic mass is 10.2. The van der Waals surface area contributed by atoms with Crippen LogP contribution in [0.25, 0.3) is 0 Å². The molecule has 0 aromatic carbocycles. The van der Waals surface area contributed by atoms with Gasteiger partial charge in [0.1, 0.15) is 0 Å². The number of aromatic amines is 1. The Morgan fingerprint density at radius 3 is 2.94 bits per heavy atom. The van der Waals surface area contributed by atoms with Crippen LogP contribution < -0.4 is 5.32 Å². The van der Waals surface area contributed by atoms with Crippen LogP contribution in [0.4, 0.5) is 0 Å². The smallest absolute Gasteiger partial charge is 0.261 e. The van der Waals surface area contributed by atoms with Crippen molar-refractivity contribution in [3.05, 3.63) is 39.8 Å². The second kappa shape index (κ2) is 4.49. The van der Waals surface area contributed by atoms with E-state index in [4.69, 9.17) is 0 Å². The second-order valence-electron chi connectivity index (χ2n) is 3.64. The van der Waals surface area contributed by atoms with E-state index in [1.54, 1.807) is 12.4 Å². The Hall–Kier alpha value is -1.62. The van der Waals surface area contributed by atoms with Crippen LogP contribution in [0.15, 0.2) is 24.5 Å². The number of aryl methyl sites for hydroxylation is 1. The summed E-state index contributed by atoms with van der Waals surface area (Å²) >= 11 is 1.50. The first kappa shape index (κ1) is 10.9. The molecule has 1 unspecified atom stereocenters. The van der Waals surface area contributed by atoms with Crippen molar-refractivity contribution in [1.82, 2.24) is 15.5 Å². The molecule has 2 aromatic rings. The number of carbonyl (C=O) groups excluding carboxylic acids is 1. The van der Waals surface area contributed by atoms with Gasteiger partial charge in [0.05, 0.1) is 17.1 Å². The molecule has 0 aliphatic carbocycles. The summed E-state index contributed by atoms with van der Waals surface area (Å²) in [5.41, 5.74) is 0.974. The van der Waals surface area contributed by atoms with E-state index < -0.39 is 0 Å². The van der Waals surface area contributed by atoms with Crippen molar-refractivity contribution in [1.29, 1.82) is 0 Å². The first-order valence-electron chi connectivity index (χ1n) is 5.03. The number of rotatable bonds is 3. The van der Waals surface area contributed by atoms with E-state index in [-0.39, 0.29) is 11.9 Å². The third kappa shape index (κ3) is 2.30. The number of amides is 1. The van der Waals surface area contributed by atoms with E-state index in [1.807, 2.05) is 26.0 Å². The average Bonchev–Trinajstić information content (AvgIpc) is 2.87. The molecule has 5 heteroatoms. The molecule has 0 fully saturated rings. The summed E-state index contributed by atoms with van der Waals surface area (Å²) < 4.78 is 0. The fraction of sp³-hybridized carbons (Fsp3) is 0.273. The maximum Gasteiger partial charge on any atom is 0.261 e. The maximum absolute atomic E-state index is 11.8. The monoisotopic (exact) mass is 235 g/mol. The molecular formula is C11H13N3OS. The molecule has 16 heavy (non-hydrogen) atoms. The Morgan fingerprint density at radius 2 is 2.38 bits per heavy atom. The highest BCUT2D eigenvalue weighted by atomic mass is 32.1. The highest BCUT2D eigenvalue weighted by molar-refractivity contribution is 7.13. The summed E-state index contributed by atoms with van der Waals surface area (Å²) in [4.78, 5) is 13.7. The fourth-order valence-corrected chi connectivity index (χ4v) is 2.18. The van der Waals surface area contributed by atoms with E-state index in [0.29, 0.717) is 0 Å². The first-order chi connectivity index (χ1) is 7.66. The summed E-state index contributed by atoms with van der Waals surface area (Å²) in [6, 6.07) is 3.76. The van der Waals surface area contributed by atoms with Crippen molar-refractivity contribution in [2.24, 2.45) is 0 Å². The van der Waals surface area contributed by atoms with Gasteiger partial charge in [-0.3, -0.25) is 9.89 Å². The SMILES string of the molecule is Cc1ccc(C(=O)NC(C)c2cn[nH]c2)s1. The van der Waals surface area contributed by atoms with Gasteiger partial charge in [0, 0.05) is 16.6 Å². The van der Waals surface area contributed by atoms with Gasteiger partial charge in [-0.25, -0.2) is 0 Å². The summed E-state index contributed by atoms with van der Waals surface area (Å²) in [5, 5.41) is 9.51. The van der Waals surface area contributed by atoms with Gasteiger partial charge in [-0.1, -0.05) is 0 Å². The molecule has 0 aliphatic rings. The summed E-state index contributed by atoms with van der Waals surface area (Å²) in [7, 11) is 0. The van der Waals surface area contributed by atoms with Crippen LogP contribution in [0.1, 0.15) is 33.1 Å². The standard InChI is InChI=1S/C11H13N3OS/c1-7-3-4-10(16-7)11(15)14-8(2)9-5-12-13-6-9/h3-6,8H,1-2H3,(H,12,13)(H,14,15). The number of thiophene rings is 1. The van der Waals surface area contributed by atoms with Crippen molar-refractivity contribution in [2.45, 2.75) is 19.9 Å². The van der Waals surface area contributed by atoms with Gasteiger partial charge in [0.15, 0.2) is 0 Å². The van der Waals surface area contributed by atoms with Crippen molar-refractivity contribution in [3.8, 4) is 0 Å². The molecular weight excluding hydrogens is 222 g/mol. The van der Waals surface area contributed by atoms with Crippen LogP contribution in [-0.4, -0.2) is 16.1 Å². The Morgan fingerprint density at radius 1 is 1.56 bits per heavy atom. The van der Waals surface area contributed by atoms with Gasteiger partial charge in [-0.15, -0.1) is 11.3 Å². The summed E-state index contributed by atoms with van der Waals surface area (Å²) in [6.45, 7) is 3.92. The fourth-order valence-electron chi connectivity index (χ4n) is 1.41. The van der Waals surface area contributed by atoms with Crippen molar-refractivity contribution < 1.29 is 4.79 Å². The normalized spacial score (nSPS) is 12.4. The molecule has 0 radical (unpaired) electrons. The van der Waals surface area contributed by atoms with Crippen molar-refractivity contribution >= 4 is 17.2 Å². The number of nitrogens with one attached hydrogen (secondary N) is 2. The Balaban J connectivity index is 2.03. The lowest BCUT2D eigenvalue weighted by Crippen LogP contribution is -2.25. The van der Waals surface area contributed by atoms with Gasteiger partial charge in [0.25, 0.3) is 5.91 Å². The van der Waals surface area contributed by atoms with Gasteiger partial charge < -0.3 is 5.32 Å². The van der Waals surface area contributed by atoms with Gasteiger partial charge in [-0.2, -0.15) is 5.10 Å². The second-order valence-corrected chi connectivity index (χ2v) is 4.92. The Labute approximate surface area is 97.7 Å². The van der Waals surface area contributed by atoms with Gasteiger partial charge in [0.2, 0.25) is 0 Å². The molecule has 0 bridgehead atoms. The number of hydrogen-bond donors (Lipinski definition) is 2. The molecule has 84 valence electrons. The lowest BCUT2D eigenvalue weighted by molar-refractivity contribution is 0.0944. The molecule has 1 atom stereocenters. The van der Waals surface area contributed by atoms with Crippen LogP contribution in [-0.2, 0) is 0 Å². The minimum Gasteiger partial charge on any atom is -0.345 e. The minimum absolute atomic E-state index is 0.0337. The van der Waals surface area contributed by atoms with Crippen LogP contribution in [0.2, 0.25) is 0 Å². The zero-order valence-corrected chi connectivity index (χ0v) is 9.97. The van der Waals surface area contributed by atoms with E-state index in [2.05, 4.69) is 15.5 Å². The van der Waals surface area contributed by atoms with Crippen LogP contribution in [0, 0.1) is 6.92 Å². The number of carbonyl (C=O) groups is 1. The van der Waals surface area contributed by atoms with Crippen molar-refractivity contribution in [2.75, 3.05) is 0 Å². The van der Waals surface area contributed by atoms with Gasteiger partial charge in [-0.05, 0) is 26.0 Å². The van der Waals surface area contributed by atoms with Gasteiger partial charge >= 0.3 is 0 Å². The minimum atomic E-state index is -0.0354. The van der Waals surface area contributed by atoms with Crippen LogP contribution in [0.3, 0.4) is 0 Å². The predicted molar refractivity (Wildman–Crippen MR) is 63.5 cm³/mol. The topological polar surface area (TPSA) is 57.8 Å². The Bertz CT molecular complexity index is 475. The quantitative estimate of drug-likeness (QED) is 0.857. The molecule has 1 amide bonds. The molecule has 4 nitrogen and oxygen atoms in total. The summed E-state index contributed by atoms with van der Waals surface area (Å²) in [6.07, 6.45) is 3.50. The summed E-state index contributed by atoms with van der Waals surface area (Å²) in [5.74, 6) is -0.0354. The van der Waals surface area contributed by atoms with E-state index in [9.17, 15) is 4.79 Å². The average molecular weight is 235 g/mol. The number of hydrogen-bond acceptors (Lipinski definition) is 3. The predicted octanol–water partition coefficient (Wildman–Crippen LogP) is 2.27. The van der Waals surface area contributed by atoms with Crippen LogP contribution in [0.5, 0.6) is 0 Å². The first-order valence-corrected chi connectivity index (χ1v) is 5.84. The number of H-pyrrole nitrogens is 1. The van der Waals surface area contributed by atoms with E-state index >= 15 is 0 Å². The largest absolute Gasteiger partial charge is 0.345 e. The molecule has 2 aromatic heterocycles. The molecule has 2 N–H and O–H groups in total.